The number of anilines is 1. The van der Waals surface area contributed by atoms with Crippen molar-refractivity contribution >= 4 is 23.0 Å². The first-order valence-corrected chi connectivity index (χ1v) is 11.6. The molecule has 3 heterocycles. The zero-order valence-electron chi connectivity index (χ0n) is 19.3. The number of aryl methyl sites for hydroxylation is 1. The number of fused-ring (bicyclic) bond motifs is 1. The Bertz CT molecular complexity index is 1030. The van der Waals surface area contributed by atoms with Gasteiger partial charge in [-0.05, 0) is 36.6 Å². The fourth-order valence-electron chi connectivity index (χ4n) is 4.88. The van der Waals surface area contributed by atoms with Gasteiger partial charge in [-0.1, -0.05) is 6.92 Å². The summed E-state index contributed by atoms with van der Waals surface area (Å²) in [7, 11) is 1.62. The minimum atomic E-state index is 0.0624. The average Bonchev–Trinajstić information content (AvgIpc) is 3.33. The molecule has 0 saturated carbocycles. The third kappa shape index (κ3) is 4.78. The number of aromatic nitrogens is 1. The van der Waals surface area contributed by atoms with Crippen molar-refractivity contribution in [1.82, 2.24) is 9.88 Å². The summed E-state index contributed by atoms with van der Waals surface area (Å²) in [5.41, 5.74) is 3.89. The zero-order valence-corrected chi connectivity index (χ0v) is 19.3. The molecule has 1 aromatic heterocycles. The largest absolute Gasteiger partial charge is 0.497 e. The molecule has 2 aromatic rings. The van der Waals surface area contributed by atoms with Crippen LogP contribution in [0.2, 0.25) is 0 Å². The van der Waals surface area contributed by atoms with Crippen LogP contribution in [0.15, 0.2) is 35.5 Å². The molecule has 176 valence electrons. The van der Waals surface area contributed by atoms with Crippen LogP contribution in [0.1, 0.15) is 41.3 Å². The second-order valence-corrected chi connectivity index (χ2v) is 8.44. The number of carbonyl (C=O) groups excluding carboxylic acids is 1. The number of rotatable bonds is 9. The van der Waals surface area contributed by atoms with Gasteiger partial charge in [0.25, 0.3) is 0 Å². The van der Waals surface area contributed by atoms with Gasteiger partial charge in [0.15, 0.2) is 5.78 Å². The van der Waals surface area contributed by atoms with Gasteiger partial charge in [-0.2, -0.15) is 0 Å². The first-order chi connectivity index (χ1) is 16.1. The van der Waals surface area contributed by atoms with Crippen molar-refractivity contribution in [3.8, 4) is 5.75 Å². The Kier molecular flexibility index (Phi) is 7.37. The third-order valence-corrected chi connectivity index (χ3v) is 6.50. The van der Waals surface area contributed by atoms with Gasteiger partial charge in [0.05, 0.1) is 38.1 Å². The lowest BCUT2D eigenvalue weighted by Gasteiger charge is -2.28. The van der Waals surface area contributed by atoms with E-state index < -0.39 is 0 Å². The smallest absolute Gasteiger partial charge is 0.171 e. The molecule has 0 radical (unpaired) electrons. The minimum Gasteiger partial charge on any atom is -0.497 e. The number of aliphatic imine (C=N–C) groups is 1. The monoisotopic (exact) mass is 452 g/mol. The van der Waals surface area contributed by atoms with E-state index in [2.05, 4.69) is 14.8 Å². The highest BCUT2D eigenvalue weighted by Gasteiger charge is 2.31. The number of pyridine rings is 1. The quantitative estimate of drug-likeness (QED) is 0.602. The Morgan fingerprint density at radius 3 is 2.73 bits per heavy atom. The maximum absolute atomic E-state index is 13.2. The second-order valence-electron chi connectivity index (χ2n) is 8.44. The molecular formula is C25H32N4O4. The Morgan fingerprint density at radius 1 is 1.24 bits per heavy atom. The van der Waals surface area contributed by atoms with E-state index in [9.17, 15) is 15.0 Å². The number of hydrogen-bond acceptors (Lipinski definition) is 8. The number of Topliss-reactive ketones (excluding diaryl/α,β-unsaturated/α-hetero) is 1. The molecular weight excluding hydrogens is 420 g/mol. The maximum Gasteiger partial charge on any atom is 0.171 e. The number of nitrogens with zero attached hydrogens (tertiary/aromatic N) is 4. The lowest BCUT2D eigenvalue weighted by molar-refractivity contribution is 0.0999. The van der Waals surface area contributed by atoms with Crippen molar-refractivity contribution in [2.75, 3.05) is 51.4 Å². The van der Waals surface area contributed by atoms with Crippen LogP contribution in [0, 0.1) is 0 Å². The van der Waals surface area contributed by atoms with Crippen LogP contribution in [0.3, 0.4) is 0 Å². The van der Waals surface area contributed by atoms with Gasteiger partial charge in [0.2, 0.25) is 0 Å². The summed E-state index contributed by atoms with van der Waals surface area (Å²) in [4.78, 5) is 27.1. The summed E-state index contributed by atoms with van der Waals surface area (Å²) in [5.74, 6) is 1.59. The first-order valence-electron chi connectivity index (χ1n) is 11.6. The molecule has 0 bridgehead atoms. The SMILES string of the molecule is CCc1cc(OC)cc2c1C(=O)CC(c1cccnc1N1CCC(N(CCO)CCO)C1)=N2. The predicted octanol–water partition coefficient (Wildman–Crippen LogP) is 2.23. The summed E-state index contributed by atoms with van der Waals surface area (Å²) < 4.78 is 5.44. The van der Waals surface area contributed by atoms with E-state index in [1.165, 1.54) is 0 Å². The van der Waals surface area contributed by atoms with Gasteiger partial charge in [-0.3, -0.25) is 14.7 Å². The van der Waals surface area contributed by atoms with Crippen molar-refractivity contribution in [3.05, 3.63) is 47.2 Å². The van der Waals surface area contributed by atoms with Gasteiger partial charge >= 0.3 is 0 Å². The number of ketones is 1. The number of ether oxygens (including phenoxy) is 1. The topological polar surface area (TPSA) is 98.5 Å². The molecule has 8 nitrogen and oxygen atoms in total. The van der Waals surface area contributed by atoms with E-state index in [4.69, 9.17) is 9.73 Å². The summed E-state index contributed by atoms with van der Waals surface area (Å²) in [6.45, 7) is 4.78. The van der Waals surface area contributed by atoms with Gasteiger partial charge in [0.1, 0.15) is 11.6 Å². The molecule has 1 saturated heterocycles. The Labute approximate surface area is 194 Å². The van der Waals surface area contributed by atoms with Crippen molar-refractivity contribution in [2.45, 2.75) is 32.2 Å². The van der Waals surface area contributed by atoms with Gasteiger partial charge in [-0.15, -0.1) is 0 Å². The second kappa shape index (κ2) is 10.4. The van der Waals surface area contributed by atoms with Crippen LogP contribution in [-0.2, 0) is 6.42 Å². The average molecular weight is 453 g/mol. The molecule has 1 fully saturated rings. The molecule has 1 atom stereocenters. The maximum atomic E-state index is 13.2. The summed E-state index contributed by atoms with van der Waals surface area (Å²) in [6, 6.07) is 7.83. The van der Waals surface area contributed by atoms with Gasteiger partial charge in [-0.25, -0.2) is 4.98 Å². The van der Waals surface area contributed by atoms with Gasteiger partial charge < -0.3 is 19.8 Å². The molecule has 0 amide bonds. The molecule has 8 heteroatoms. The van der Waals surface area contributed by atoms with Crippen LogP contribution < -0.4 is 9.64 Å². The fourth-order valence-corrected chi connectivity index (χ4v) is 4.88. The van der Waals surface area contributed by atoms with Crippen LogP contribution in [0.25, 0.3) is 0 Å². The number of methoxy groups -OCH3 is 1. The molecule has 1 aromatic carbocycles. The molecule has 1 unspecified atom stereocenters. The molecule has 0 aliphatic carbocycles. The Morgan fingerprint density at radius 2 is 2.03 bits per heavy atom. The van der Waals surface area contributed by atoms with Crippen LogP contribution in [-0.4, -0.2) is 84.1 Å². The molecule has 2 aliphatic heterocycles. The van der Waals surface area contributed by atoms with E-state index in [-0.39, 0.29) is 31.5 Å². The lowest BCUT2D eigenvalue weighted by Crippen LogP contribution is -2.41. The number of hydrogen-bond donors (Lipinski definition) is 2. The highest BCUT2D eigenvalue weighted by atomic mass is 16.5. The Balaban J connectivity index is 1.66. The van der Waals surface area contributed by atoms with Crippen LogP contribution in [0.4, 0.5) is 11.5 Å². The number of aliphatic hydroxyl groups is 2. The van der Waals surface area contributed by atoms with E-state index in [0.29, 0.717) is 30.1 Å². The highest BCUT2D eigenvalue weighted by molar-refractivity contribution is 6.22. The van der Waals surface area contributed by atoms with Gasteiger partial charge in [0, 0.05) is 55.6 Å². The van der Waals surface area contributed by atoms with Crippen molar-refractivity contribution < 1.29 is 19.7 Å². The first kappa shape index (κ1) is 23.4. The molecule has 33 heavy (non-hydrogen) atoms. The van der Waals surface area contributed by atoms with E-state index in [1.807, 2.05) is 31.2 Å². The van der Waals surface area contributed by atoms with Crippen molar-refractivity contribution in [1.29, 1.82) is 0 Å². The third-order valence-electron chi connectivity index (χ3n) is 6.50. The molecule has 2 aliphatic rings. The standard InChI is InChI=1S/C25H32N4O4/c1-3-17-13-19(33-2)14-22-24(17)23(32)15-21(27-22)20-5-4-7-26-25(20)29-8-6-18(16-29)28(9-11-30)10-12-31/h4-5,7,13-14,18,30-31H,3,6,8-12,15-16H2,1-2H3. The van der Waals surface area contributed by atoms with E-state index >= 15 is 0 Å². The van der Waals surface area contributed by atoms with E-state index in [1.54, 1.807) is 13.3 Å². The van der Waals surface area contributed by atoms with E-state index in [0.717, 1.165) is 48.6 Å². The fraction of sp³-hybridized carbons (Fsp3) is 0.480. The number of aliphatic hydroxyl groups excluding tert-OH is 2. The Hall–Kier alpha value is -2.81. The summed E-state index contributed by atoms with van der Waals surface area (Å²) in [6.07, 6.45) is 3.66. The number of benzene rings is 1. The zero-order chi connectivity index (χ0) is 23.4. The normalized spacial score (nSPS) is 18.0. The molecule has 4 rings (SSSR count). The summed E-state index contributed by atoms with van der Waals surface area (Å²) in [5, 5.41) is 18.8. The minimum absolute atomic E-state index is 0.0624. The van der Waals surface area contributed by atoms with Crippen molar-refractivity contribution in [3.63, 3.8) is 0 Å². The van der Waals surface area contributed by atoms with Crippen LogP contribution in [0.5, 0.6) is 5.75 Å². The van der Waals surface area contributed by atoms with Crippen LogP contribution >= 0.6 is 0 Å². The number of carbonyl (C=O) groups is 1. The lowest BCUT2D eigenvalue weighted by atomic mass is 9.91. The molecule has 2 N–H and O–H groups in total. The predicted molar refractivity (Wildman–Crippen MR) is 128 cm³/mol. The molecule has 0 spiro atoms. The summed E-state index contributed by atoms with van der Waals surface area (Å²) >= 11 is 0. The van der Waals surface area contributed by atoms with Crippen molar-refractivity contribution in [2.24, 2.45) is 4.99 Å². The highest BCUT2D eigenvalue weighted by Crippen LogP contribution is 2.36.